The first-order valence-corrected chi connectivity index (χ1v) is 7.57. The summed E-state index contributed by atoms with van der Waals surface area (Å²) in [4.78, 5) is 22.1. The Balaban J connectivity index is 2.82. The van der Waals surface area contributed by atoms with Gasteiger partial charge >= 0.3 is 102 Å². The number of carbonyl (C=O) groups is 1. The molecule has 13 heavy (non-hydrogen) atoms. The van der Waals surface area contributed by atoms with Crippen molar-refractivity contribution >= 4 is 12.6 Å². The van der Waals surface area contributed by atoms with E-state index in [1.165, 1.54) is 6.33 Å². The molecule has 2 heterocycles. The second-order valence-electron chi connectivity index (χ2n) is 2.37. The van der Waals surface area contributed by atoms with E-state index in [0.717, 1.165) is 4.52 Å². The maximum absolute atomic E-state index is 10.7. The number of hydrogen-bond donors (Lipinski definition) is 1. The van der Waals surface area contributed by atoms with Crippen molar-refractivity contribution in [1.82, 2.24) is 24.6 Å². The predicted octanol–water partition coefficient (Wildman–Crippen LogP) is -1.88. The molecular weight excluding hydrogens is 388 g/mol. The van der Waals surface area contributed by atoms with Gasteiger partial charge in [-0.3, -0.25) is 0 Å². The number of carboxylic acids is 1. The Bertz CT molecular complexity index is 481. The van der Waals surface area contributed by atoms with Crippen molar-refractivity contribution in [3.05, 3.63) is 12.2 Å². The van der Waals surface area contributed by atoms with Crippen LogP contribution in [-0.2, 0) is 0 Å². The number of aromatic nitrogens is 5. The molecular formula is C5H3N5O2Ra. The fourth-order valence-electron chi connectivity index (χ4n) is 0.965. The molecule has 0 fully saturated rings. The fourth-order valence-corrected chi connectivity index (χ4v) is 2.61. The average molecular weight is 391 g/mol. The normalized spacial score (nSPS) is 10.4. The summed E-state index contributed by atoms with van der Waals surface area (Å²) in [5.41, 5.74) is 0. The zero-order valence-electron chi connectivity index (χ0n) is 6.67. The van der Waals surface area contributed by atoms with Crippen LogP contribution in [0.2, 0.25) is 0 Å². The summed E-state index contributed by atoms with van der Waals surface area (Å²) in [7, 11) is 0. The zero-order valence-corrected chi connectivity index (χ0v) is 14.9. The van der Waals surface area contributed by atoms with Crippen LogP contribution in [0.15, 0.2) is 6.33 Å². The Morgan fingerprint density at radius 3 is 3.00 bits per heavy atom. The molecule has 7 nitrogen and oxygen atoms in total. The van der Waals surface area contributed by atoms with Gasteiger partial charge in [0, 0.05) is 0 Å². The van der Waals surface area contributed by atoms with Crippen LogP contribution in [0.1, 0.15) is 10.6 Å². The van der Waals surface area contributed by atoms with Crippen LogP contribution in [-0.4, -0.2) is 35.6 Å². The van der Waals surface area contributed by atoms with E-state index in [4.69, 9.17) is 5.11 Å². The van der Waals surface area contributed by atoms with Crippen molar-refractivity contribution in [1.29, 1.82) is 0 Å². The number of aromatic carboxylic acids is 1. The van der Waals surface area contributed by atoms with Crippen LogP contribution in [0.3, 0.4) is 0 Å². The van der Waals surface area contributed by atoms with Crippen LogP contribution in [0.4, 0.5) is 0 Å². The fraction of sp³-hybridized carbons (Fsp3) is 0. The van der Waals surface area contributed by atoms with Crippen molar-refractivity contribution in [2.75, 3.05) is 0 Å². The van der Waals surface area contributed by atoms with Crippen molar-refractivity contribution in [3.63, 3.8) is 0 Å². The summed E-state index contributed by atoms with van der Waals surface area (Å²) in [6.07, 6.45) is 1.17. The summed E-state index contributed by atoms with van der Waals surface area (Å²) < 4.78 is 1.84. The van der Waals surface area contributed by atoms with E-state index in [1.807, 2.05) is 0 Å². The van der Waals surface area contributed by atoms with Gasteiger partial charge in [0.2, 0.25) is 0 Å². The van der Waals surface area contributed by atoms with E-state index >= 15 is 0 Å². The summed E-state index contributed by atoms with van der Waals surface area (Å²) in [5.74, 6) is -0.984. The Morgan fingerprint density at radius 1 is 1.54 bits per heavy atom. The first kappa shape index (κ1) is 8.99. The number of fused-ring (bicyclic) bond motifs is 1. The van der Waals surface area contributed by atoms with Crippen molar-refractivity contribution in [2.24, 2.45) is 0 Å². The van der Waals surface area contributed by atoms with E-state index in [1.54, 1.807) is 0 Å². The minimum absolute atomic E-state index is 0.00124. The van der Waals surface area contributed by atoms with Gasteiger partial charge in [0.05, 0.1) is 0 Å². The van der Waals surface area contributed by atoms with Gasteiger partial charge in [-0.25, -0.2) is 0 Å². The van der Waals surface area contributed by atoms with Crippen LogP contribution in [0.25, 0.3) is 5.78 Å². The molecule has 0 aromatic carbocycles. The van der Waals surface area contributed by atoms with Crippen LogP contribution >= 0.6 is 0 Å². The maximum atomic E-state index is 10.7. The second kappa shape index (κ2) is 3.29. The molecule has 2 aromatic rings. The first-order valence-electron chi connectivity index (χ1n) is 3.46. The van der Waals surface area contributed by atoms with Gasteiger partial charge in [0.1, 0.15) is 0 Å². The van der Waals surface area contributed by atoms with Crippen LogP contribution in [0.5, 0.6) is 0 Å². The summed E-state index contributed by atoms with van der Waals surface area (Å²) in [6.45, 7) is 0. The van der Waals surface area contributed by atoms with E-state index in [-0.39, 0.29) is 48.6 Å². The van der Waals surface area contributed by atoms with E-state index < -0.39 is 5.97 Å². The second-order valence-corrected chi connectivity index (χ2v) is 6.05. The molecule has 0 unspecified atom stereocenters. The van der Waals surface area contributed by atoms with Gasteiger partial charge in [0.25, 0.3) is 0 Å². The Labute approximate surface area is 101 Å². The van der Waals surface area contributed by atoms with E-state index in [2.05, 4.69) is 20.1 Å². The molecule has 2 aromatic heterocycles. The third kappa shape index (κ3) is 1.57. The molecule has 1 N–H and O–H groups in total. The van der Waals surface area contributed by atoms with Gasteiger partial charge in [-0.15, -0.1) is 0 Å². The number of nitrogens with zero attached hydrogens (tertiary/aromatic N) is 5. The van der Waals surface area contributed by atoms with Gasteiger partial charge in [-0.05, 0) is 0 Å². The first-order chi connectivity index (χ1) is 6.18. The molecule has 62 valence electrons. The molecule has 0 aliphatic carbocycles. The number of carboxylic acid groups (broad SMARTS) is 1. The molecule has 0 radical (unpaired) electrons. The molecule has 8 heteroatoms. The summed E-state index contributed by atoms with van der Waals surface area (Å²) >= 11 is -0.00124. The molecule has 0 spiro atoms. The predicted molar refractivity (Wildman–Crippen MR) is 36.6 cm³/mol. The Morgan fingerprint density at radius 2 is 2.31 bits per heavy atom. The van der Waals surface area contributed by atoms with Crippen LogP contribution < -0.4 is 0.865 Å². The summed E-state index contributed by atoms with van der Waals surface area (Å²) in [5, 5.41) is 12.7. The van der Waals surface area contributed by atoms with Gasteiger partial charge in [0.15, 0.2) is 0 Å². The third-order valence-electron chi connectivity index (χ3n) is 1.44. The molecule has 0 atom stereocenters. The average Bonchev–Trinajstić information content (AvgIpc) is 2.43. The molecule has 0 aliphatic rings. The van der Waals surface area contributed by atoms with E-state index in [9.17, 15) is 4.79 Å². The SMILES string of the molecule is O=C(O)c1ncnc2n[c]([RaH])nn12. The molecule has 0 saturated heterocycles. The Kier molecular flexibility index (Phi) is 2.27. The standard InChI is InChI=1S/C5H2N5O2.Ra.H/c11-4(12)3-6-1-7-5-8-2-9-10(3)5;;/h1H,(H,11,12);;. The third-order valence-corrected chi connectivity index (χ3v) is 3.18. The zero-order chi connectivity index (χ0) is 9.42. The quantitative estimate of drug-likeness (QED) is 0.612. The number of hydrogen-bond acceptors (Lipinski definition) is 5. The number of rotatable bonds is 1. The minimum atomic E-state index is -1.13. The molecule has 0 amide bonds. The monoisotopic (exact) mass is 391 g/mol. The van der Waals surface area contributed by atoms with Gasteiger partial charge in [-0.2, -0.15) is 0 Å². The molecule has 0 bridgehead atoms. The van der Waals surface area contributed by atoms with E-state index in [0.29, 0.717) is 6.64 Å². The van der Waals surface area contributed by atoms with Crippen LogP contribution in [0, 0.1) is 42.8 Å². The van der Waals surface area contributed by atoms with Gasteiger partial charge < -0.3 is 0 Å². The molecule has 0 saturated carbocycles. The van der Waals surface area contributed by atoms with Crippen molar-refractivity contribution < 1.29 is 52.7 Å². The molecule has 0 aliphatic heterocycles. The summed E-state index contributed by atoms with van der Waals surface area (Å²) in [6, 6.07) is 0. The van der Waals surface area contributed by atoms with Gasteiger partial charge in [-0.1, -0.05) is 0 Å². The molecule has 2 rings (SSSR count). The Hall–Kier alpha value is -0.582. The van der Waals surface area contributed by atoms with Crippen molar-refractivity contribution in [3.8, 4) is 0 Å². The topological polar surface area (TPSA) is 93.3 Å². The van der Waals surface area contributed by atoms with Crippen molar-refractivity contribution in [2.45, 2.75) is 0 Å².